The molecule has 2 aromatic heterocycles. The van der Waals surface area contributed by atoms with Gasteiger partial charge in [0.1, 0.15) is 4.88 Å². The summed E-state index contributed by atoms with van der Waals surface area (Å²) in [6.45, 7) is 9.79. The van der Waals surface area contributed by atoms with Crippen LogP contribution in [0.2, 0.25) is 0 Å². The number of hydrogen-bond donors (Lipinski definition) is 1. The predicted octanol–water partition coefficient (Wildman–Crippen LogP) is 4.26. The molecule has 4 nitrogen and oxygen atoms in total. The molecule has 0 aromatic carbocycles. The summed E-state index contributed by atoms with van der Waals surface area (Å²) in [5, 5.41) is 9.73. The van der Waals surface area contributed by atoms with Gasteiger partial charge in [-0.3, -0.25) is 4.98 Å². The summed E-state index contributed by atoms with van der Waals surface area (Å²) in [5.41, 5.74) is 1.23. The van der Waals surface area contributed by atoms with E-state index in [-0.39, 0.29) is 4.88 Å². The first-order chi connectivity index (χ1) is 9.18. The molecule has 0 saturated heterocycles. The Hall–Kier alpha value is -1.75. The minimum atomic E-state index is -0.945. The molecule has 5 heteroatoms. The fourth-order valence-corrected chi connectivity index (χ4v) is 2.05. The number of carbonyl (C=O) groups is 1. The van der Waals surface area contributed by atoms with Crippen LogP contribution in [0.15, 0.2) is 24.5 Å². The number of carboxylic acid groups (broad SMARTS) is 1. The number of aromatic carboxylic acids is 1. The SMILES string of the molecule is CC.CC.Cc1nc(-c2cccnc2)c(C(=O)O)s1. The molecular weight excluding hydrogens is 260 g/mol. The Balaban J connectivity index is 0.000000741. The van der Waals surface area contributed by atoms with E-state index in [2.05, 4.69) is 9.97 Å². The maximum atomic E-state index is 11.0. The molecule has 0 unspecified atom stereocenters. The highest BCUT2D eigenvalue weighted by Gasteiger charge is 2.16. The molecule has 0 radical (unpaired) electrons. The molecule has 0 amide bonds. The second-order valence-electron chi connectivity index (χ2n) is 2.96. The number of hydrogen-bond acceptors (Lipinski definition) is 4. The van der Waals surface area contributed by atoms with Gasteiger partial charge in [0.15, 0.2) is 0 Å². The summed E-state index contributed by atoms with van der Waals surface area (Å²) in [6, 6.07) is 3.56. The van der Waals surface area contributed by atoms with Gasteiger partial charge < -0.3 is 5.11 Å². The van der Waals surface area contributed by atoms with Crippen LogP contribution in [0.4, 0.5) is 0 Å². The van der Waals surface area contributed by atoms with Crippen molar-refractivity contribution in [3.05, 3.63) is 34.4 Å². The molecule has 1 N–H and O–H groups in total. The van der Waals surface area contributed by atoms with E-state index in [1.165, 1.54) is 11.3 Å². The first-order valence-electron chi connectivity index (χ1n) is 6.29. The first-order valence-corrected chi connectivity index (χ1v) is 7.11. The van der Waals surface area contributed by atoms with E-state index in [9.17, 15) is 4.79 Å². The molecule has 2 heterocycles. The lowest BCUT2D eigenvalue weighted by atomic mass is 10.2. The number of carboxylic acids is 1. The Morgan fingerprint density at radius 3 is 2.37 bits per heavy atom. The standard InChI is InChI=1S/C10H8N2O2S.2C2H6/c1-6-12-8(9(15-6)10(13)14)7-3-2-4-11-5-7;2*1-2/h2-5H,1H3,(H,13,14);2*1-2H3. The molecule has 19 heavy (non-hydrogen) atoms. The predicted molar refractivity (Wildman–Crippen MR) is 79.7 cm³/mol. The molecule has 0 fully saturated rings. The van der Waals surface area contributed by atoms with Crippen LogP contribution in [0.5, 0.6) is 0 Å². The number of thiazole rings is 1. The van der Waals surface area contributed by atoms with Gasteiger partial charge in [0.05, 0.1) is 10.7 Å². The van der Waals surface area contributed by atoms with Gasteiger partial charge in [-0.2, -0.15) is 0 Å². The Labute approximate surface area is 118 Å². The molecule has 0 atom stereocenters. The number of pyridine rings is 1. The molecule has 0 aliphatic rings. The van der Waals surface area contributed by atoms with Crippen LogP contribution in [0.3, 0.4) is 0 Å². The molecule has 104 valence electrons. The largest absolute Gasteiger partial charge is 0.477 e. The first kappa shape index (κ1) is 17.2. The summed E-state index contributed by atoms with van der Waals surface area (Å²) in [6.07, 6.45) is 3.25. The van der Waals surface area contributed by atoms with Crippen molar-refractivity contribution in [1.82, 2.24) is 9.97 Å². The second-order valence-corrected chi connectivity index (χ2v) is 4.16. The Morgan fingerprint density at radius 2 is 1.89 bits per heavy atom. The van der Waals surface area contributed by atoms with Gasteiger partial charge in [-0.15, -0.1) is 11.3 Å². The third-order valence-corrected chi connectivity index (χ3v) is 2.82. The van der Waals surface area contributed by atoms with Crippen molar-refractivity contribution in [2.45, 2.75) is 34.6 Å². The quantitative estimate of drug-likeness (QED) is 0.892. The van der Waals surface area contributed by atoms with E-state index < -0.39 is 5.97 Å². The van der Waals surface area contributed by atoms with E-state index in [4.69, 9.17) is 5.11 Å². The van der Waals surface area contributed by atoms with Crippen LogP contribution in [0, 0.1) is 6.92 Å². The molecular formula is C14H20N2O2S. The maximum absolute atomic E-state index is 11.0. The van der Waals surface area contributed by atoms with E-state index in [1.807, 2.05) is 27.7 Å². The summed E-state index contributed by atoms with van der Waals surface area (Å²) in [5.74, 6) is -0.945. The van der Waals surface area contributed by atoms with Crippen LogP contribution in [-0.2, 0) is 0 Å². The number of aryl methyl sites for hydroxylation is 1. The average Bonchev–Trinajstić information content (AvgIpc) is 2.87. The zero-order valence-electron chi connectivity index (χ0n) is 12.0. The minimum absolute atomic E-state index is 0.264. The van der Waals surface area contributed by atoms with Gasteiger partial charge in [0, 0.05) is 18.0 Å². The summed E-state index contributed by atoms with van der Waals surface area (Å²) in [7, 11) is 0. The topological polar surface area (TPSA) is 63.1 Å². The highest BCUT2D eigenvalue weighted by atomic mass is 32.1. The van der Waals surface area contributed by atoms with E-state index in [0.29, 0.717) is 5.69 Å². The lowest BCUT2D eigenvalue weighted by Crippen LogP contribution is -1.95. The van der Waals surface area contributed by atoms with Gasteiger partial charge in [-0.25, -0.2) is 9.78 Å². The van der Waals surface area contributed by atoms with E-state index in [1.54, 1.807) is 31.5 Å². The van der Waals surface area contributed by atoms with Gasteiger partial charge in [0.25, 0.3) is 0 Å². The molecule has 0 bridgehead atoms. The lowest BCUT2D eigenvalue weighted by molar-refractivity contribution is 0.0702. The highest BCUT2D eigenvalue weighted by Crippen LogP contribution is 2.27. The number of rotatable bonds is 2. The third-order valence-electron chi connectivity index (χ3n) is 1.86. The Bertz CT molecular complexity index is 495. The molecule has 2 rings (SSSR count). The summed E-state index contributed by atoms with van der Waals surface area (Å²) >= 11 is 1.18. The van der Waals surface area contributed by atoms with Gasteiger partial charge in [-0.1, -0.05) is 27.7 Å². The smallest absolute Gasteiger partial charge is 0.348 e. The molecule has 2 aromatic rings. The summed E-state index contributed by atoms with van der Waals surface area (Å²) < 4.78 is 0. The normalized spacial score (nSPS) is 8.68. The monoisotopic (exact) mass is 280 g/mol. The molecule has 0 aliphatic carbocycles. The average molecular weight is 280 g/mol. The van der Waals surface area contributed by atoms with Crippen molar-refractivity contribution >= 4 is 17.3 Å². The van der Waals surface area contributed by atoms with Crippen molar-refractivity contribution in [1.29, 1.82) is 0 Å². The van der Waals surface area contributed by atoms with Gasteiger partial charge >= 0.3 is 5.97 Å². The molecule has 0 saturated carbocycles. The number of nitrogens with zero attached hydrogens (tertiary/aromatic N) is 2. The van der Waals surface area contributed by atoms with E-state index in [0.717, 1.165) is 10.6 Å². The van der Waals surface area contributed by atoms with Crippen molar-refractivity contribution in [3.8, 4) is 11.3 Å². The second kappa shape index (κ2) is 9.22. The van der Waals surface area contributed by atoms with Crippen molar-refractivity contribution in [3.63, 3.8) is 0 Å². The van der Waals surface area contributed by atoms with Crippen LogP contribution in [0.25, 0.3) is 11.3 Å². The minimum Gasteiger partial charge on any atom is -0.477 e. The van der Waals surface area contributed by atoms with Crippen molar-refractivity contribution < 1.29 is 9.90 Å². The van der Waals surface area contributed by atoms with Crippen molar-refractivity contribution in [2.24, 2.45) is 0 Å². The van der Waals surface area contributed by atoms with Gasteiger partial charge in [-0.05, 0) is 19.1 Å². The van der Waals surface area contributed by atoms with Crippen LogP contribution in [-0.4, -0.2) is 21.0 Å². The van der Waals surface area contributed by atoms with E-state index >= 15 is 0 Å². The zero-order chi connectivity index (χ0) is 14.8. The highest BCUT2D eigenvalue weighted by molar-refractivity contribution is 7.14. The maximum Gasteiger partial charge on any atom is 0.348 e. The fourth-order valence-electron chi connectivity index (χ4n) is 1.27. The molecule has 0 aliphatic heterocycles. The van der Waals surface area contributed by atoms with Gasteiger partial charge in [0.2, 0.25) is 0 Å². The van der Waals surface area contributed by atoms with Crippen LogP contribution < -0.4 is 0 Å². The molecule has 0 spiro atoms. The fraction of sp³-hybridized carbons (Fsp3) is 0.357. The lowest BCUT2D eigenvalue weighted by Gasteiger charge is -1.96. The Morgan fingerprint density at radius 1 is 1.26 bits per heavy atom. The van der Waals surface area contributed by atoms with Crippen LogP contribution in [0.1, 0.15) is 42.4 Å². The van der Waals surface area contributed by atoms with Crippen LogP contribution >= 0.6 is 11.3 Å². The van der Waals surface area contributed by atoms with Crippen molar-refractivity contribution in [2.75, 3.05) is 0 Å². The summed E-state index contributed by atoms with van der Waals surface area (Å²) in [4.78, 5) is 19.4. The zero-order valence-corrected chi connectivity index (χ0v) is 12.8. The Kier molecular flexibility index (Phi) is 8.37. The number of aromatic nitrogens is 2. The third kappa shape index (κ3) is 4.79.